The quantitative estimate of drug-likeness (QED) is 0.815. The lowest BCUT2D eigenvalue weighted by Crippen LogP contribution is -2.18. The molecule has 0 saturated heterocycles. The molecule has 2 aromatic heterocycles. The number of aromatic nitrogens is 1. The third kappa shape index (κ3) is 3.33. The second-order valence-electron chi connectivity index (χ2n) is 3.97. The highest BCUT2D eigenvalue weighted by Crippen LogP contribution is 2.17. The standard InChI is InChI=1S/C12H14N2O4S/c1-7(13-5-8-6-19-12(16)14-8)9-3-4-10(18-9)11(15)17-2/h3-4,6-7,13H,5H2,1-2H3,(H,14,16). The highest BCUT2D eigenvalue weighted by atomic mass is 32.1. The molecule has 0 amide bonds. The maximum absolute atomic E-state index is 11.3. The normalized spacial score (nSPS) is 12.3. The van der Waals surface area contributed by atoms with E-state index in [4.69, 9.17) is 4.42 Å². The van der Waals surface area contributed by atoms with E-state index >= 15 is 0 Å². The molecule has 102 valence electrons. The first-order chi connectivity index (χ1) is 9.10. The Hall–Kier alpha value is -1.86. The van der Waals surface area contributed by atoms with Crippen LogP contribution in [0, 0.1) is 0 Å². The maximum Gasteiger partial charge on any atom is 0.373 e. The van der Waals surface area contributed by atoms with Crippen LogP contribution in [0.2, 0.25) is 0 Å². The molecule has 19 heavy (non-hydrogen) atoms. The van der Waals surface area contributed by atoms with Gasteiger partial charge in [0, 0.05) is 17.6 Å². The lowest BCUT2D eigenvalue weighted by molar-refractivity contribution is 0.0562. The SMILES string of the molecule is COC(=O)c1ccc(C(C)NCc2csc(=O)[nH]2)o1. The van der Waals surface area contributed by atoms with Crippen molar-refractivity contribution in [2.24, 2.45) is 0 Å². The Balaban J connectivity index is 1.96. The molecule has 2 aromatic rings. The molecule has 0 saturated carbocycles. The Morgan fingerprint density at radius 3 is 3.00 bits per heavy atom. The Bertz CT molecular complexity index is 613. The summed E-state index contributed by atoms with van der Waals surface area (Å²) in [5, 5.41) is 4.96. The van der Waals surface area contributed by atoms with Gasteiger partial charge in [-0.2, -0.15) is 0 Å². The van der Waals surface area contributed by atoms with Gasteiger partial charge >= 0.3 is 10.8 Å². The lowest BCUT2D eigenvalue weighted by atomic mass is 10.2. The number of furan rings is 1. The molecule has 0 fully saturated rings. The zero-order valence-corrected chi connectivity index (χ0v) is 11.4. The molecule has 1 unspecified atom stereocenters. The molecule has 0 spiro atoms. The van der Waals surface area contributed by atoms with Crippen molar-refractivity contribution in [1.82, 2.24) is 10.3 Å². The first-order valence-corrected chi connectivity index (χ1v) is 6.56. The Labute approximate surface area is 113 Å². The zero-order chi connectivity index (χ0) is 13.8. The molecule has 0 aliphatic rings. The fourth-order valence-corrected chi connectivity index (χ4v) is 2.14. The molecule has 6 nitrogen and oxygen atoms in total. The van der Waals surface area contributed by atoms with Gasteiger partial charge in [-0.15, -0.1) is 0 Å². The third-order valence-electron chi connectivity index (χ3n) is 2.61. The summed E-state index contributed by atoms with van der Waals surface area (Å²) >= 11 is 1.13. The number of nitrogens with one attached hydrogen (secondary N) is 2. The van der Waals surface area contributed by atoms with Crippen molar-refractivity contribution < 1.29 is 13.9 Å². The van der Waals surface area contributed by atoms with Crippen LogP contribution in [0.4, 0.5) is 0 Å². The van der Waals surface area contributed by atoms with Gasteiger partial charge in [-0.25, -0.2) is 4.79 Å². The van der Waals surface area contributed by atoms with Crippen LogP contribution in [0.15, 0.2) is 26.7 Å². The molecular weight excluding hydrogens is 268 g/mol. The molecule has 0 radical (unpaired) electrons. The van der Waals surface area contributed by atoms with E-state index in [2.05, 4.69) is 15.0 Å². The Morgan fingerprint density at radius 1 is 1.58 bits per heavy atom. The molecule has 2 rings (SSSR count). The van der Waals surface area contributed by atoms with Crippen molar-refractivity contribution in [3.05, 3.63) is 44.4 Å². The van der Waals surface area contributed by atoms with Gasteiger partial charge in [0.15, 0.2) is 0 Å². The van der Waals surface area contributed by atoms with E-state index in [1.165, 1.54) is 7.11 Å². The summed E-state index contributed by atoms with van der Waals surface area (Å²) < 4.78 is 9.96. The van der Waals surface area contributed by atoms with Crippen molar-refractivity contribution in [2.45, 2.75) is 19.5 Å². The summed E-state index contributed by atoms with van der Waals surface area (Å²) in [6.45, 7) is 2.43. The van der Waals surface area contributed by atoms with Gasteiger partial charge in [-0.1, -0.05) is 11.3 Å². The van der Waals surface area contributed by atoms with Crippen LogP contribution in [-0.4, -0.2) is 18.1 Å². The van der Waals surface area contributed by atoms with Gasteiger partial charge < -0.3 is 19.5 Å². The zero-order valence-electron chi connectivity index (χ0n) is 10.6. The first kappa shape index (κ1) is 13.6. The van der Waals surface area contributed by atoms with Gasteiger partial charge in [0.1, 0.15) is 5.76 Å². The molecule has 0 bridgehead atoms. The van der Waals surface area contributed by atoms with Gasteiger partial charge in [-0.3, -0.25) is 4.79 Å². The number of ether oxygens (including phenoxy) is 1. The first-order valence-electron chi connectivity index (χ1n) is 5.68. The number of hydrogen-bond donors (Lipinski definition) is 2. The number of hydrogen-bond acceptors (Lipinski definition) is 6. The lowest BCUT2D eigenvalue weighted by Gasteiger charge is -2.09. The number of H-pyrrole nitrogens is 1. The summed E-state index contributed by atoms with van der Waals surface area (Å²) in [6.07, 6.45) is 0. The third-order valence-corrected chi connectivity index (χ3v) is 3.33. The number of methoxy groups -OCH3 is 1. The van der Waals surface area contributed by atoms with Gasteiger partial charge in [0.05, 0.1) is 13.2 Å². The smallest absolute Gasteiger partial charge is 0.373 e. The Morgan fingerprint density at radius 2 is 2.37 bits per heavy atom. The topological polar surface area (TPSA) is 84.3 Å². The van der Waals surface area contributed by atoms with Crippen molar-refractivity contribution in [2.75, 3.05) is 7.11 Å². The van der Waals surface area contributed by atoms with Crippen LogP contribution < -0.4 is 10.2 Å². The van der Waals surface area contributed by atoms with Gasteiger partial charge in [0.25, 0.3) is 0 Å². The fourth-order valence-electron chi connectivity index (χ4n) is 1.56. The number of esters is 1. The predicted molar refractivity (Wildman–Crippen MR) is 70.2 cm³/mol. The molecule has 0 aliphatic carbocycles. The summed E-state index contributed by atoms with van der Waals surface area (Å²) in [5.74, 6) is 0.314. The highest BCUT2D eigenvalue weighted by molar-refractivity contribution is 7.07. The minimum Gasteiger partial charge on any atom is -0.463 e. The second-order valence-corrected chi connectivity index (χ2v) is 4.81. The average molecular weight is 282 g/mol. The molecule has 2 heterocycles. The average Bonchev–Trinajstić information content (AvgIpc) is 3.04. The summed E-state index contributed by atoms with van der Waals surface area (Å²) in [6, 6.07) is 3.22. The summed E-state index contributed by atoms with van der Waals surface area (Å²) in [4.78, 5) is 24.9. The Kier molecular flexibility index (Phi) is 4.18. The fraction of sp³-hybridized carbons (Fsp3) is 0.333. The van der Waals surface area contributed by atoms with Gasteiger partial charge in [0.2, 0.25) is 5.76 Å². The van der Waals surface area contributed by atoms with E-state index in [0.29, 0.717) is 12.3 Å². The number of thiazole rings is 1. The van der Waals surface area contributed by atoms with Gasteiger partial charge in [-0.05, 0) is 19.1 Å². The van der Waals surface area contributed by atoms with E-state index in [9.17, 15) is 9.59 Å². The molecular formula is C12H14N2O4S. The number of carbonyl (C=O) groups is 1. The van der Waals surface area contributed by atoms with Crippen molar-refractivity contribution in [3.63, 3.8) is 0 Å². The molecule has 0 aromatic carbocycles. The van der Waals surface area contributed by atoms with Crippen LogP contribution in [0.5, 0.6) is 0 Å². The van der Waals surface area contributed by atoms with E-state index in [1.54, 1.807) is 17.5 Å². The van der Waals surface area contributed by atoms with Crippen LogP contribution in [0.25, 0.3) is 0 Å². The van der Waals surface area contributed by atoms with Crippen LogP contribution in [0.3, 0.4) is 0 Å². The second kappa shape index (κ2) is 5.85. The predicted octanol–water partition coefficient (Wildman–Crippen LogP) is 1.67. The van der Waals surface area contributed by atoms with E-state index < -0.39 is 5.97 Å². The summed E-state index contributed by atoms with van der Waals surface area (Å²) in [5.41, 5.74) is 0.821. The van der Waals surface area contributed by atoms with Crippen molar-refractivity contribution in [1.29, 1.82) is 0 Å². The van der Waals surface area contributed by atoms with Crippen LogP contribution in [0.1, 0.15) is 35.0 Å². The van der Waals surface area contributed by atoms with Crippen LogP contribution in [-0.2, 0) is 11.3 Å². The number of carbonyl (C=O) groups excluding carboxylic acids is 1. The van der Waals surface area contributed by atoms with Crippen LogP contribution >= 0.6 is 11.3 Å². The molecule has 2 N–H and O–H groups in total. The van der Waals surface area contributed by atoms with E-state index in [0.717, 1.165) is 17.0 Å². The maximum atomic E-state index is 11.3. The number of aromatic amines is 1. The van der Waals surface area contributed by atoms with E-state index in [-0.39, 0.29) is 16.7 Å². The van der Waals surface area contributed by atoms with Crippen molar-refractivity contribution in [3.8, 4) is 0 Å². The largest absolute Gasteiger partial charge is 0.463 e. The highest BCUT2D eigenvalue weighted by Gasteiger charge is 2.15. The minimum atomic E-state index is -0.499. The van der Waals surface area contributed by atoms with Crippen molar-refractivity contribution >= 4 is 17.3 Å². The molecule has 7 heteroatoms. The number of rotatable bonds is 5. The monoisotopic (exact) mass is 282 g/mol. The molecule has 0 aliphatic heterocycles. The van der Waals surface area contributed by atoms with E-state index in [1.807, 2.05) is 6.92 Å². The molecule has 1 atom stereocenters. The minimum absolute atomic E-state index is 0.0737. The summed E-state index contributed by atoms with van der Waals surface area (Å²) in [7, 11) is 1.30.